The van der Waals surface area contributed by atoms with Gasteiger partial charge in [0.1, 0.15) is 5.60 Å². The minimum Gasteiger partial charge on any atom is -0.444 e. The fraction of sp³-hybridized carbons (Fsp3) is 0.684. The third kappa shape index (κ3) is 6.48. The molecule has 1 aliphatic heterocycles. The van der Waals surface area contributed by atoms with Crippen LogP contribution in [0.15, 0.2) is 24.4 Å². The van der Waals surface area contributed by atoms with E-state index < -0.39 is 5.60 Å². The molecule has 2 heterocycles. The first kappa shape index (κ1) is 18.7. The molecule has 1 aromatic heterocycles. The maximum Gasteiger partial charge on any atom is 0.407 e. The summed E-state index contributed by atoms with van der Waals surface area (Å²) in [6.45, 7) is 10.9. The summed E-state index contributed by atoms with van der Waals surface area (Å²) in [6, 6.07) is 6.18. The normalized spacial score (nSPS) is 20.4. The number of amides is 1. The lowest BCUT2D eigenvalue weighted by Crippen LogP contribution is -2.47. The van der Waals surface area contributed by atoms with E-state index in [1.165, 1.54) is 6.42 Å². The van der Waals surface area contributed by atoms with E-state index in [9.17, 15) is 4.79 Å². The summed E-state index contributed by atoms with van der Waals surface area (Å²) >= 11 is 0. The minimum absolute atomic E-state index is 0.123. The number of aromatic nitrogens is 1. The van der Waals surface area contributed by atoms with Gasteiger partial charge in [-0.05, 0) is 65.1 Å². The summed E-state index contributed by atoms with van der Waals surface area (Å²) in [6.07, 6.45) is 4.83. The number of rotatable bonds is 5. The van der Waals surface area contributed by atoms with Gasteiger partial charge in [0.25, 0.3) is 0 Å². The van der Waals surface area contributed by atoms with Crippen LogP contribution in [-0.2, 0) is 11.2 Å². The molecule has 1 amide bonds. The molecule has 0 spiro atoms. The van der Waals surface area contributed by atoms with Crippen molar-refractivity contribution in [3.05, 3.63) is 30.1 Å². The highest BCUT2D eigenvalue weighted by molar-refractivity contribution is 5.68. The standard InChI is InChI=1S/C19H31N3O2/c1-15(21-18(23)24-19(2,3)4)16-8-7-12-22(14-16)13-10-17-9-5-6-11-20-17/h5-6,9,11,15-16H,7-8,10,12-14H2,1-4H3,(H,21,23)/t15-,16+/m1/s1. The van der Waals surface area contributed by atoms with Gasteiger partial charge in [-0.15, -0.1) is 0 Å². The van der Waals surface area contributed by atoms with E-state index in [-0.39, 0.29) is 12.1 Å². The molecular formula is C19H31N3O2. The van der Waals surface area contributed by atoms with Crippen LogP contribution in [0.2, 0.25) is 0 Å². The molecular weight excluding hydrogens is 302 g/mol. The Labute approximate surface area is 145 Å². The number of pyridine rings is 1. The van der Waals surface area contributed by atoms with Crippen molar-refractivity contribution in [3.63, 3.8) is 0 Å². The lowest BCUT2D eigenvalue weighted by molar-refractivity contribution is 0.0468. The zero-order chi connectivity index (χ0) is 17.6. The molecule has 5 heteroatoms. The molecule has 0 saturated carbocycles. The second-order valence-corrected chi connectivity index (χ2v) is 7.71. The fourth-order valence-electron chi connectivity index (χ4n) is 3.13. The Bertz CT molecular complexity index is 513. The number of likely N-dealkylation sites (tertiary alicyclic amines) is 1. The Kier molecular flexibility index (Phi) is 6.60. The summed E-state index contributed by atoms with van der Waals surface area (Å²) < 4.78 is 5.36. The van der Waals surface area contributed by atoms with Crippen LogP contribution in [-0.4, -0.2) is 47.3 Å². The molecule has 1 N–H and O–H groups in total. The van der Waals surface area contributed by atoms with Gasteiger partial charge in [0.2, 0.25) is 0 Å². The van der Waals surface area contributed by atoms with Crippen LogP contribution in [0, 0.1) is 5.92 Å². The molecule has 134 valence electrons. The zero-order valence-corrected chi connectivity index (χ0v) is 15.4. The second-order valence-electron chi connectivity index (χ2n) is 7.71. The average molecular weight is 333 g/mol. The van der Waals surface area contributed by atoms with Crippen LogP contribution >= 0.6 is 0 Å². The highest BCUT2D eigenvalue weighted by Gasteiger charge is 2.27. The number of nitrogens with one attached hydrogen (secondary N) is 1. The van der Waals surface area contributed by atoms with Crippen molar-refractivity contribution >= 4 is 6.09 Å². The smallest absolute Gasteiger partial charge is 0.407 e. The van der Waals surface area contributed by atoms with Crippen molar-refractivity contribution in [1.29, 1.82) is 0 Å². The molecule has 0 bridgehead atoms. The number of piperidine rings is 1. The number of hydrogen-bond acceptors (Lipinski definition) is 4. The van der Waals surface area contributed by atoms with Gasteiger partial charge in [-0.2, -0.15) is 0 Å². The van der Waals surface area contributed by atoms with Crippen molar-refractivity contribution in [2.75, 3.05) is 19.6 Å². The molecule has 2 atom stereocenters. The summed E-state index contributed by atoms with van der Waals surface area (Å²) in [4.78, 5) is 18.8. The van der Waals surface area contributed by atoms with E-state index in [0.717, 1.165) is 38.2 Å². The molecule has 0 aliphatic carbocycles. The third-order valence-corrected chi connectivity index (χ3v) is 4.40. The number of carbonyl (C=O) groups is 1. The van der Waals surface area contributed by atoms with Gasteiger partial charge in [0, 0.05) is 37.4 Å². The van der Waals surface area contributed by atoms with Crippen molar-refractivity contribution in [2.45, 2.75) is 58.6 Å². The van der Waals surface area contributed by atoms with Gasteiger partial charge in [-0.3, -0.25) is 4.98 Å². The van der Waals surface area contributed by atoms with Crippen LogP contribution < -0.4 is 5.32 Å². The first-order chi connectivity index (χ1) is 11.3. The van der Waals surface area contributed by atoms with Crippen molar-refractivity contribution in [2.24, 2.45) is 5.92 Å². The molecule has 2 rings (SSSR count). The Hall–Kier alpha value is -1.62. The van der Waals surface area contributed by atoms with E-state index in [4.69, 9.17) is 4.74 Å². The Balaban J connectivity index is 1.78. The van der Waals surface area contributed by atoms with Crippen LogP contribution in [0.1, 0.15) is 46.2 Å². The van der Waals surface area contributed by atoms with Gasteiger partial charge in [-0.1, -0.05) is 6.07 Å². The maximum atomic E-state index is 11.9. The van der Waals surface area contributed by atoms with Crippen molar-refractivity contribution in [1.82, 2.24) is 15.2 Å². The van der Waals surface area contributed by atoms with Gasteiger partial charge >= 0.3 is 6.09 Å². The molecule has 24 heavy (non-hydrogen) atoms. The molecule has 5 nitrogen and oxygen atoms in total. The lowest BCUT2D eigenvalue weighted by atomic mass is 9.91. The number of nitrogens with zero attached hydrogens (tertiary/aromatic N) is 2. The highest BCUT2D eigenvalue weighted by atomic mass is 16.6. The number of alkyl carbamates (subject to hydrolysis) is 1. The molecule has 1 aliphatic rings. The highest BCUT2D eigenvalue weighted by Crippen LogP contribution is 2.20. The topological polar surface area (TPSA) is 54.5 Å². The van der Waals surface area contributed by atoms with E-state index in [1.54, 1.807) is 0 Å². The first-order valence-electron chi connectivity index (χ1n) is 8.95. The first-order valence-corrected chi connectivity index (χ1v) is 8.95. The lowest BCUT2D eigenvalue weighted by Gasteiger charge is -2.36. The van der Waals surface area contributed by atoms with E-state index >= 15 is 0 Å². The molecule has 1 fully saturated rings. The van der Waals surface area contributed by atoms with E-state index in [1.807, 2.05) is 39.1 Å². The van der Waals surface area contributed by atoms with Crippen molar-refractivity contribution in [3.8, 4) is 0 Å². The van der Waals surface area contributed by atoms with Gasteiger partial charge in [-0.25, -0.2) is 4.79 Å². The van der Waals surface area contributed by atoms with Gasteiger partial charge in [0.15, 0.2) is 0 Å². The SMILES string of the molecule is C[C@@H](NC(=O)OC(C)(C)C)[C@H]1CCCN(CCc2ccccn2)C1. The number of carbonyl (C=O) groups excluding carboxylic acids is 1. The minimum atomic E-state index is -0.453. The van der Waals surface area contributed by atoms with Gasteiger partial charge in [0.05, 0.1) is 0 Å². The molecule has 0 unspecified atom stereocenters. The maximum absolute atomic E-state index is 11.9. The Morgan fingerprint density at radius 1 is 1.46 bits per heavy atom. The van der Waals surface area contributed by atoms with Crippen LogP contribution in [0.5, 0.6) is 0 Å². The third-order valence-electron chi connectivity index (χ3n) is 4.40. The van der Waals surface area contributed by atoms with Gasteiger partial charge < -0.3 is 15.0 Å². The monoisotopic (exact) mass is 333 g/mol. The van der Waals surface area contributed by atoms with Crippen LogP contribution in [0.4, 0.5) is 4.79 Å². The Morgan fingerprint density at radius 2 is 2.25 bits per heavy atom. The van der Waals surface area contributed by atoms with E-state index in [2.05, 4.69) is 28.2 Å². The summed E-state index contributed by atoms with van der Waals surface area (Å²) in [5.41, 5.74) is 0.685. The zero-order valence-electron chi connectivity index (χ0n) is 15.4. The largest absolute Gasteiger partial charge is 0.444 e. The van der Waals surface area contributed by atoms with Crippen LogP contribution in [0.25, 0.3) is 0 Å². The summed E-state index contributed by atoms with van der Waals surface area (Å²) in [5, 5.41) is 3.00. The predicted molar refractivity (Wildman–Crippen MR) is 95.9 cm³/mol. The molecule has 0 radical (unpaired) electrons. The molecule has 1 aromatic rings. The molecule has 1 saturated heterocycles. The van der Waals surface area contributed by atoms with Crippen LogP contribution in [0.3, 0.4) is 0 Å². The fourth-order valence-corrected chi connectivity index (χ4v) is 3.13. The second kappa shape index (κ2) is 8.47. The predicted octanol–water partition coefficient (Wildman–Crippen LogP) is 3.25. The quantitative estimate of drug-likeness (QED) is 0.899. The van der Waals surface area contributed by atoms with E-state index in [0.29, 0.717) is 5.92 Å². The molecule has 0 aromatic carbocycles. The number of hydrogen-bond donors (Lipinski definition) is 1. The number of ether oxygens (including phenoxy) is 1. The van der Waals surface area contributed by atoms with Crippen molar-refractivity contribution < 1.29 is 9.53 Å². The Morgan fingerprint density at radius 3 is 2.92 bits per heavy atom. The summed E-state index contributed by atoms with van der Waals surface area (Å²) in [7, 11) is 0. The summed E-state index contributed by atoms with van der Waals surface area (Å²) in [5.74, 6) is 0.468. The average Bonchev–Trinajstić information content (AvgIpc) is 2.52.